The number of rotatable bonds is 4. The van der Waals surface area contributed by atoms with Gasteiger partial charge in [0.25, 0.3) is 0 Å². The fourth-order valence-corrected chi connectivity index (χ4v) is 8.08. The van der Waals surface area contributed by atoms with E-state index in [2.05, 4.69) is 98.9 Å². The van der Waals surface area contributed by atoms with Gasteiger partial charge in [0, 0.05) is 37.2 Å². The van der Waals surface area contributed by atoms with E-state index in [1.165, 1.54) is 33.5 Å². The molecule has 0 bridgehead atoms. The van der Waals surface area contributed by atoms with Gasteiger partial charge >= 0.3 is 0 Å². The second kappa shape index (κ2) is 13.9. The minimum atomic E-state index is -1.23. The van der Waals surface area contributed by atoms with Crippen LogP contribution < -0.4 is 5.19 Å². The summed E-state index contributed by atoms with van der Waals surface area (Å²) in [6, 6.07) is 36.4. The van der Waals surface area contributed by atoms with Crippen LogP contribution in [0.25, 0.3) is 53.8 Å². The number of hydrogen-bond acceptors (Lipinski definition) is 3. The first-order valence-corrected chi connectivity index (χ1v) is 19.4. The van der Waals surface area contributed by atoms with Gasteiger partial charge in [0.2, 0.25) is 0 Å². The molecule has 2 nitrogen and oxygen atoms in total. The molecule has 0 atom stereocenters. The van der Waals surface area contributed by atoms with Crippen molar-refractivity contribution in [1.82, 2.24) is 9.97 Å². The summed E-state index contributed by atoms with van der Waals surface area (Å²) in [7, 11) is -1.23. The molecular weight excluding hydrogens is 780 g/mol. The van der Waals surface area contributed by atoms with Gasteiger partial charge in [-0.15, -0.1) is 59.7 Å². The number of fused-ring (bicyclic) bond motifs is 3. The molecule has 4 aromatic carbocycles. The van der Waals surface area contributed by atoms with Crippen LogP contribution in [-0.2, 0) is 20.1 Å². The molecule has 7 rings (SSSR count). The second-order valence-electron chi connectivity index (χ2n) is 12.5. The Bertz CT molecular complexity index is 2110. The van der Waals surface area contributed by atoms with Crippen molar-refractivity contribution in [3.05, 3.63) is 138 Å². The Morgan fingerprint density at radius 3 is 2.20 bits per heavy atom. The van der Waals surface area contributed by atoms with Gasteiger partial charge in [-0.05, 0) is 87.9 Å². The molecule has 0 saturated carbocycles. The average molecular weight is 815 g/mol. The number of pyridine rings is 2. The summed E-state index contributed by atoms with van der Waals surface area (Å²) in [5, 5.41) is 3.59. The molecule has 0 amide bonds. The van der Waals surface area contributed by atoms with E-state index in [1.807, 2.05) is 54.9 Å². The zero-order valence-corrected chi connectivity index (χ0v) is 31.0. The van der Waals surface area contributed by atoms with Crippen LogP contribution >= 0.6 is 11.3 Å². The van der Waals surface area contributed by atoms with E-state index in [0.717, 1.165) is 48.3 Å². The first-order chi connectivity index (χ1) is 21.6. The van der Waals surface area contributed by atoms with Gasteiger partial charge in [-0.25, -0.2) is 4.39 Å². The maximum atomic E-state index is 13.7. The third-order valence-corrected chi connectivity index (χ3v) is 11.2. The Kier molecular flexibility index (Phi) is 10.1. The maximum Gasteiger partial charge on any atom is 0.124 e. The van der Waals surface area contributed by atoms with Crippen LogP contribution in [0.5, 0.6) is 0 Å². The van der Waals surface area contributed by atoms with Crippen LogP contribution in [0.4, 0.5) is 4.39 Å². The molecular formula is C40H35FIrN2SSi-2. The van der Waals surface area contributed by atoms with Gasteiger partial charge in [-0.3, -0.25) is 0 Å². The van der Waals surface area contributed by atoms with Crippen molar-refractivity contribution in [2.75, 3.05) is 0 Å². The molecule has 0 aliphatic carbocycles. The van der Waals surface area contributed by atoms with Crippen LogP contribution in [0, 0.1) is 38.7 Å². The first kappa shape index (κ1) is 33.6. The number of nitrogens with zero attached hydrogens (tertiary/aromatic N) is 2. The fourth-order valence-electron chi connectivity index (χ4n) is 5.81. The summed E-state index contributed by atoms with van der Waals surface area (Å²) >= 11 is 1.60. The number of aromatic nitrogens is 2. The molecule has 0 fully saturated rings. The summed E-state index contributed by atoms with van der Waals surface area (Å²) in [4.78, 5) is 9.17. The van der Waals surface area contributed by atoms with Crippen molar-refractivity contribution in [1.29, 1.82) is 0 Å². The Labute approximate surface area is 289 Å². The van der Waals surface area contributed by atoms with Gasteiger partial charge in [0.1, 0.15) is 5.82 Å². The van der Waals surface area contributed by atoms with E-state index in [1.54, 1.807) is 17.4 Å². The zero-order valence-electron chi connectivity index (χ0n) is 26.8. The summed E-state index contributed by atoms with van der Waals surface area (Å²) in [5.74, 6) is -0.208. The molecule has 3 aromatic heterocycles. The quantitative estimate of drug-likeness (QED) is 0.131. The molecule has 0 saturated heterocycles. The molecule has 233 valence electrons. The van der Waals surface area contributed by atoms with E-state index in [-0.39, 0.29) is 25.9 Å². The van der Waals surface area contributed by atoms with Crippen LogP contribution in [0.3, 0.4) is 0 Å². The van der Waals surface area contributed by atoms with E-state index in [0.29, 0.717) is 0 Å². The van der Waals surface area contributed by atoms with Gasteiger partial charge in [-0.2, -0.15) is 11.3 Å². The van der Waals surface area contributed by atoms with Crippen molar-refractivity contribution >= 4 is 44.8 Å². The molecule has 7 aromatic rings. The van der Waals surface area contributed by atoms with E-state index in [9.17, 15) is 4.39 Å². The number of thiophene rings is 1. The molecule has 0 spiro atoms. The van der Waals surface area contributed by atoms with Crippen LogP contribution in [0.1, 0.15) is 16.7 Å². The van der Waals surface area contributed by atoms with Crippen LogP contribution in [0.15, 0.2) is 103 Å². The Morgan fingerprint density at radius 1 is 0.739 bits per heavy atom. The smallest absolute Gasteiger partial charge is 0.124 e. The monoisotopic (exact) mass is 815 g/mol. The van der Waals surface area contributed by atoms with E-state index < -0.39 is 8.07 Å². The minimum Gasteiger partial charge on any atom is -0.305 e. The summed E-state index contributed by atoms with van der Waals surface area (Å²) in [6.07, 6.45) is 3.88. The van der Waals surface area contributed by atoms with Crippen LogP contribution in [-0.4, -0.2) is 18.0 Å². The summed E-state index contributed by atoms with van der Waals surface area (Å²) in [6.45, 7) is 13.4. The Hall–Kier alpha value is -3.80. The molecule has 46 heavy (non-hydrogen) atoms. The molecule has 0 unspecified atom stereocenters. The minimum absolute atomic E-state index is 0. The first-order valence-electron chi connectivity index (χ1n) is 15.1. The average Bonchev–Trinajstić information content (AvgIpc) is 3.39. The molecule has 0 aliphatic rings. The fraction of sp³-hybridized carbons (Fsp3) is 0.150. The molecule has 3 heterocycles. The predicted molar refractivity (Wildman–Crippen MR) is 192 cm³/mol. The Balaban J connectivity index is 0.000000209. The Morgan fingerprint density at radius 2 is 1.52 bits per heavy atom. The molecule has 0 N–H and O–H groups in total. The molecule has 1 radical (unpaired) electrons. The SMILES string of the molecule is C[Si](C)(C)c1ccc(-c2[c-]cccc2)nc1.Cc1cc(C)c(-c2ccnc(-c3[c-]ccc4c3sc3cc(F)ccc34)c2)c(C)c1.[Ir]. The van der Waals surface area contributed by atoms with Crippen molar-refractivity contribution in [2.45, 2.75) is 40.4 Å². The zero-order chi connectivity index (χ0) is 31.7. The maximum absolute atomic E-state index is 13.7. The van der Waals surface area contributed by atoms with Crippen molar-refractivity contribution in [2.24, 2.45) is 0 Å². The molecule has 0 aliphatic heterocycles. The second-order valence-corrected chi connectivity index (χ2v) is 18.6. The standard InChI is InChI=1S/C26H19FNS.C14H16NSi.Ir/c1-15-11-16(2)25(17(3)12-15)18-9-10-28-23(13-18)22-6-4-5-21-20-8-7-19(27)14-24(20)29-26(21)22;1-16(2,3)13-9-10-14(15-11-13)12-7-5-4-6-8-12;/h4-5,7-14H,1-3H3;4-7,9-11H,1-3H3;/q2*-1;. The van der Waals surface area contributed by atoms with Gasteiger partial charge in [-0.1, -0.05) is 67.0 Å². The van der Waals surface area contributed by atoms with Gasteiger partial charge < -0.3 is 9.97 Å². The predicted octanol–water partition coefficient (Wildman–Crippen LogP) is 10.7. The molecule has 6 heteroatoms. The number of benzene rings is 4. The largest absolute Gasteiger partial charge is 0.305 e. The van der Waals surface area contributed by atoms with E-state index in [4.69, 9.17) is 0 Å². The van der Waals surface area contributed by atoms with Crippen LogP contribution in [0.2, 0.25) is 19.6 Å². The number of aryl methyl sites for hydroxylation is 3. The van der Waals surface area contributed by atoms with Crippen molar-refractivity contribution in [3.8, 4) is 33.6 Å². The number of halogens is 1. The third kappa shape index (κ3) is 7.11. The van der Waals surface area contributed by atoms with Crippen molar-refractivity contribution in [3.63, 3.8) is 0 Å². The third-order valence-electron chi connectivity index (χ3n) is 7.99. The number of hydrogen-bond donors (Lipinski definition) is 0. The normalized spacial score (nSPS) is 11.2. The summed E-state index contributed by atoms with van der Waals surface area (Å²) < 4.78 is 15.8. The van der Waals surface area contributed by atoms with Gasteiger partial charge in [0.15, 0.2) is 0 Å². The van der Waals surface area contributed by atoms with Crippen molar-refractivity contribution < 1.29 is 24.5 Å². The topological polar surface area (TPSA) is 25.8 Å². The van der Waals surface area contributed by atoms with E-state index >= 15 is 0 Å². The summed E-state index contributed by atoms with van der Waals surface area (Å²) in [5.41, 5.74) is 10.1. The van der Waals surface area contributed by atoms with Gasteiger partial charge in [0.05, 0.1) is 8.07 Å².